The van der Waals surface area contributed by atoms with Crippen molar-refractivity contribution in [3.63, 3.8) is 0 Å². The number of thiophene rings is 1. The van der Waals surface area contributed by atoms with Crippen molar-refractivity contribution in [2.45, 2.75) is 13.0 Å². The van der Waals surface area contributed by atoms with Gasteiger partial charge in [0.25, 0.3) is 0 Å². The maximum atomic E-state index is 5.38. The first kappa shape index (κ1) is 14.8. The zero-order chi connectivity index (χ0) is 14.2. The van der Waals surface area contributed by atoms with Crippen molar-refractivity contribution in [3.05, 3.63) is 57.8 Å². The summed E-state index contributed by atoms with van der Waals surface area (Å²) >= 11 is 1.75. The monoisotopic (exact) mass is 284 g/mol. The van der Waals surface area contributed by atoms with E-state index in [4.69, 9.17) is 5.73 Å². The Labute approximate surface area is 125 Å². The first-order chi connectivity index (χ1) is 9.78. The highest BCUT2D eigenvalue weighted by atomic mass is 32.1. The van der Waals surface area contributed by atoms with Crippen LogP contribution in [0.15, 0.2) is 42.5 Å². The average molecular weight is 284 g/mol. The summed E-state index contributed by atoms with van der Waals surface area (Å²) in [6.45, 7) is 2.46. The molecule has 0 aliphatic heterocycles. The van der Waals surface area contributed by atoms with Crippen molar-refractivity contribution in [2.75, 3.05) is 20.1 Å². The predicted molar refractivity (Wildman–Crippen MR) is 86.7 cm³/mol. The van der Waals surface area contributed by atoms with Gasteiger partial charge < -0.3 is 10.6 Å². The molecule has 0 spiro atoms. The van der Waals surface area contributed by atoms with E-state index in [1.165, 1.54) is 10.4 Å². The van der Waals surface area contributed by atoms with Crippen molar-refractivity contribution in [1.29, 1.82) is 0 Å². The molecule has 2 N–H and O–H groups in total. The van der Waals surface area contributed by atoms with E-state index in [-0.39, 0.29) is 0 Å². The van der Waals surface area contributed by atoms with E-state index in [1.54, 1.807) is 11.3 Å². The molecule has 0 atom stereocenters. The van der Waals surface area contributed by atoms with Crippen LogP contribution in [0.2, 0.25) is 0 Å². The second-order valence-corrected chi connectivity index (χ2v) is 5.91. The van der Waals surface area contributed by atoms with Gasteiger partial charge >= 0.3 is 0 Å². The Hall–Kier alpha value is -1.60. The second-order valence-electron chi connectivity index (χ2n) is 4.75. The summed E-state index contributed by atoms with van der Waals surface area (Å²) in [4.78, 5) is 4.79. The summed E-state index contributed by atoms with van der Waals surface area (Å²) in [5.41, 5.74) is 6.77. The van der Waals surface area contributed by atoms with Crippen molar-refractivity contribution in [3.8, 4) is 11.8 Å². The normalized spacial score (nSPS) is 10.3. The molecule has 20 heavy (non-hydrogen) atoms. The molecule has 0 aliphatic rings. The molecule has 2 nitrogen and oxygen atoms in total. The molecule has 1 aromatic heterocycles. The van der Waals surface area contributed by atoms with E-state index in [1.807, 2.05) is 0 Å². The summed E-state index contributed by atoms with van der Waals surface area (Å²) in [6.07, 6.45) is 1.09. The van der Waals surface area contributed by atoms with Crippen LogP contribution in [0.25, 0.3) is 0 Å². The first-order valence-electron chi connectivity index (χ1n) is 6.78. The number of nitrogens with zero attached hydrogens (tertiary/aromatic N) is 1. The Morgan fingerprint density at radius 1 is 1.15 bits per heavy atom. The predicted octanol–water partition coefficient (Wildman–Crippen LogP) is 2.73. The van der Waals surface area contributed by atoms with Crippen LogP contribution in [0.4, 0.5) is 0 Å². The maximum Gasteiger partial charge on any atom is 0.0772 e. The number of hydrogen-bond donors (Lipinski definition) is 1. The van der Waals surface area contributed by atoms with Gasteiger partial charge in [0, 0.05) is 18.0 Å². The zero-order valence-corrected chi connectivity index (χ0v) is 12.6. The lowest BCUT2D eigenvalue weighted by molar-refractivity contribution is 0.334. The molecule has 2 aromatic rings. The van der Waals surface area contributed by atoms with Crippen LogP contribution < -0.4 is 5.73 Å². The van der Waals surface area contributed by atoms with Gasteiger partial charge in [0.05, 0.1) is 11.4 Å². The molecule has 0 amide bonds. The van der Waals surface area contributed by atoms with Crippen LogP contribution in [0.3, 0.4) is 0 Å². The molecule has 1 aromatic carbocycles. The Bertz CT molecular complexity index is 578. The molecule has 0 saturated heterocycles. The highest BCUT2D eigenvalue weighted by Gasteiger charge is 2.03. The smallest absolute Gasteiger partial charge is 0.0772 e. The zero-order valence-electron chi connectivity index (χ0n) is 11.8. The van der Waals surface area contributed by atoms with Crippen LogP contribution in [0.5, 0.6) is 0 Å². The highest BCUT2D eigenvalue weighted by molar-refractivity contribution is 7.12. The largest absolute Gasteiger partial charge is 0.320 e. The van der Waals surface area contributed by atoms with Gasteiger partial charge in [-0.3, -0.25) is 0 Å². The van der Waals surface area contributed by atoms with Gasteiger partial charge in [-0.25, -0.2) is 0 Å². The van der Waals surface area contributed by atoms with Crippen molar-refractivity contribution >= 4 is 11.3 Å². The minimum Gasteiger partial charge on any atom is -0.320 e. The SMILES string of the molecule is CN(CCc1ccccc1)Cc1ccc(C#CCN)s1. The number of hydrogen-bond acceptors (Lipinski definition) is 3. The molecular weight excluding hydrogens is 264 g/mol. The van der Waals surface area contributed by atoms with Crippen molar-refractivity contribution in [2.24, 2.45) is 5.73 Å². The standard InChI is InChI=1S/C17H20N2S/c1-19(13-11-15-6-3-2-4-7-15)14-17-10-9-16(20-17)8-5-12-18/h2-4,6-7,9-10H,11-14,18H2,1H3. The van der Waals surface area contributed by atoms with Crippen LogP contribution in [0.1, 0.15) is 15.3 Å². The minimum absolute atomic E-state index is 0.421. The van der Waals surface area contributed by atoms with Crippen LogP contribution in [-0.2, 0) is 13.0 Å². The quantitative estimate of drug-likeness (QED) is 0.856. The summed E-state index contributed by atoms with van der Waals surface area (Å²) in [5, 5.41) is 0. The lowest BCUT2D eigenvalue weighted by atomic mass is 10.1. The highest BCUT2D eigenvalue weighted by Crippen LogP contribution is 2.17. The van der Waals surface area contributed by atoms with Crippen LogP contribution >= 0.6 is 11.3 Å². The molecule has 0 radical (unpaired) electrons. The van der Waals surface area contributed by atoms with E-state index in [9.17, 15) is 0 Å². The van der Waals surface area contributed by atoms with Gasteiger partial charge in [-0.15, -0.1) is 11.3 Å². The molecule has 0 unspecified atom stereocenters. The molecule has 104 valence electrons. The van der Waals surface area contributed by atoms with Crippen LogP contribution in [-0.4, -0.2) is 25.0 Å². The minimum atomic E-state index is 0.421. The summed E-state index contributed by atoms with van der Waals surface area (Å²) < 4.78 is 0. The molecule has 2 rings (SSSR count). The fourth-order valence-corrected chi connectivity index (χ4v) is 2.94. The van der Waals surface area contributed by atoms with E-state index >= 15 is 0 Å². The number of likely N-dealkylation sites (N-methyl/N-ethyl adjacent to an activating group) is 1. The average Bonchev–Trinajstić information content (AvgIpc) is 2.91. The van der Waals surface area contributed by atoms with Gasteiger partial charge in [-0.1, -0.05) is 42.2 Å². The Kier molecular flexibility index (Phi) is 5.82. The fourth-order valence-electron chi connectivity index (χ4n) is 1.98. The topological polar surface area (TPSA) is 29.3 Å². The molecular formula is C17H20N2S. The molecule has 0 saturated carbocycles. The van der Waals surface area contributed by atoms with E-state index in [0.717, 1.165) is 24.4 Å². The van der Waals surface area contributed by atoms with Crippen molar-refractivity contribution < 1.29 is 0 Å². The third-order valence-corrected chi connectivity index (χ3v) is 4.01. The number of rotatable bonds is 5. The summed E-state index contributed by atoms with van der Waals surface area (Å²) in [5.74, 6) is 5.97. The fraction of sp³-hybridized carbons (Fsp3) is 0.294. The van der Waals surface area contributed by atoms with E-state index in [2.05, 4.69) is 66.3 Å². The number of nitrogens with two attached hydrogens (primary N) is 1. The second kappa shape index (κ2) is 7.86. The first-order valence-corrected chi connectivity index (χ1v) is 7.59. The van der Waals surface area contributed by atoms with Gasteiger partial charge in [0.1, 0.15) is 0 Å². The molecule has 0 bridgehead atoms. The lowest BCUT2D eigenvalue weighted by Crippen LogP contribution is -2.20. The van der Waals surface area contributed by atoms with Gasteiger partial charge in [-0.05, 0) is 31.2 Å². The maximum absolute atomic E-state index is 5.38. The number of benzene rings is 1. The lowest BCUT2D eigenvalue weighted by Gasteiger charge is -2.15. The van der Waals surface area contributed by atoms with E-state index in [0.29, 0.717) is 6.54 Å². The van der Waals surface area contributed by atoms with Gasteiger partial charge in [0.2, 0.25) is 0 Å². The molecule has 3 heteroatoms. The third-order valence-electron chi connectivity index (χ3n) is 3.03. The molecule has 0 fully saturated rings. The Morgan fingerprint density at radius 3 is 2.70 bits per heavy atom. The molecule has 1 heterocycles. The Morgan fingerprint density at radius 2 is 1.95 bits per heavy atom. The third kappa shape index (κ3) is 4.82. The van der Waals surface area contributed by atoms with Crippen LogP contribution in [0, 0.1) is 11.8 Å². The van der Waals surface area contributed by atoms with Gasteiger partial charge in [-0.2, -0.15) is 0 Å². The molecule has 0 aliphatic carbocycles. The summed E-state index contributed by atoms with van der Waals surface area (Å²) in [7, 11) is 2.16. The summed E-state index contributed by atoms with van der Waals surface area (Å²) in [6, 6.07) is 14.8. The van der Waals surface area contributed by atoms with Crippen molar-refractivity contribution in [1.82, 2.24) is 4.90 Å². The van der Waals surface area contributed by atoms with E-state index < -0.39 is 0 Å². The Balaban J connectivity index is 1.82. The van der Waals surface area contributed by atoms with Gasteiger partial charge in [0.15, 0.2) is 0 Å².